The van der Waals surface area contributed by atoms with E-state index >= 15 is 0 Å². The van der Waals surface area contributed by atoms with Gasteiger partial charge in [0.15, 0.2) is 0 Å². The number of amides is 1. The number of nitrogens with one attached hydrogen (secondary N) is 2. The number of hydrogen-bond acceptors (Lipinski definition) is 5. The predicted molar refractivity (Wildman–Crippen MR) is 62.0 cm³/mol. The molecule has 1 aromatic carbocycles. The van der Waals surface area contributed by atoms with Crippen molar-refractivity contribution < 1.29 is 14.5 Å². The standard InChI is InChI=1S/C10H13N3O4/c1-17-10(14)12-7-6-11-8-2-4-9(5-3-8)13(15)16/h2-5,11H,6-7H2,1H3,(H,12,14). The topological polar surface area (TPSA) is 93.5 Å². The van der Waals surface area contributed by atoms with E-state index in [1.165, 1.54) is 19.2 Å². The maximum absolute atomic E-state index is 10.7. The summed E-state index contributed by atoms with van der Waals surface area (Å²) in [6.45, 7) is 0.913. The molecule has 0 saturated carbocycles. The monoisotopic (exact) mass is 239 g/mol. The Kier molecular flexibility index (Phi) is 4.74. The molecule has 0 spiro atoms. The van der Waals surface area contributed by atoms with Crippen LogP contribution in [-0.2, 0) is 4.74 Å². The molecule has 1 aromatic rings. The highest BCUT2D eigenvalue weighted by molar-refractivity contribution is 5.66. The number of nitrogens with zero attached hydrogens (tertiary/aromatic N) is 1. The molecule has 1 amide bonds. The number of nitro benzene ring substituents is 1. The zero-order valence-electron chi connectivity index (χ0n) is 9.30. The van der Waals surface area contributed by atoms with Gasteiger partial charge in [-0.2, -0.15) is 0 Å². The van der Waals surface area contributed by atoms with Crippen LogP contribution in [0.3, 0.4) is 0 Å². The summed E-state index contributed by atoms with van der Waals surface area (Å²) in [5, 5.41) is 15.9. The second-order valence-electron chi connectivity index (χ2n) is 3.15. The third-order valence-corrected chi connectivity index (χ3v) is 1.99. The van der Waals surface area contributed by atoms with Crippen LogP contribution in [0.1, 0.15) is 0 Å². The van der Waals surface area contributed by atoms with Gasteiger partial charge < -0.3 is 15.4 Å². The van der Waals surface area contributed by atoms with Crippen molar-refractivity contribution in [2.75, 3.05) is 25.5 Å². The van der Waals surface area contributed by atoms with Crippen LogP contribution < -0.4 is 10.6 Å². The van der Waals surface area contributed by atoms with E-state index in [9.17, 15) is 14.9 Å². The smallest absolute Gasteiger partial charge is 0.406 e. The molecule has 92 valence electrons. The molecule has 0 atom stereocenters. The Morgan fingerprint density at radius 3 is 2.53 bits per heavy atom. The minimum absolute atomic E-state index is 0.0447. The van der Waals surface area contributed by atoms with Gasteiger partial charge in [0.1, 0.15) is 0 Å². The van der Waals surface area contributed by atoms with Crippen LogP contribution in [0, 0.1) is 10.1 Å². The van der Waals surface area contributed by atoms with Gasteiger partial charge in [0, 0.05) is 30.9 Å². The maximum atomic E-state index is 10.7. The Hall–Kier alpha value is -2.31. The fourth-order valence-electron chi connectivity index (χ4n) is 1.14. The molecule has 2 N–H and O–H groups in total. The molecule has 0 saturated heterocycles. The molecule has 0 unspecified atom stereocenters. The molecule has 0 bridgehead atoms. The Morgan fingerprint density at radius 2 is 2.00 bits per heavy atom. The van der Waals surface area contributed by atoms with E-state index in [2.05, 4.69) is 15.4 Å². The first-order chi connectivity index (χ1) is 8.13. The fraction of sp³-hybridized carbons (Fsp3) is 0.300. The number of ether oxygens (including phenoxy) is 1. The lowest BCUT2D eigenvalue weighted by Gasteiger charge is -2.06. The van der Waals surface area contributed by atoms with Crippen molar-refractivity contribution in [1.82, 2.24) is 5.32 Å². The lowest BCUT2D eigenvalue weighted by molar-refractivity contribution is -0.384. The average Bonchev–Trinajstić information content (AvgIpc) is 2.34. The fourth-order valence-corrected chi connectivity index (χ4v) is 1.14. The van der Waals surface area contributed by atoms with Crippen molar-refractivity contribution in [1.29, 1.82) is 0 Å². The molecule has 7 nitrogen and oxygen atoms in total. The number of anilines is 1. The second-order valence-corrected chi connectivity index (χ2v) is 3.15. The van der Waals surface area contributed by atoms with Crippen LogP contribution in [0.4, 0.5) is 16.2 Å². The highest BCUT2D eigenvalue weighted by Crippen LogP contribution is 2.14. The second kappa shape index (κ2) is 6.31. The molecule has 0 aromatic heterocycles. The minimum atomic E-state index is -0.490. The van der Waals surface area contributed by atoms with Crippen LogP contribution in [-0.4, -0.2) is 31.2 Å². The number of alkyl carbamates (subject to hydrolysis) is 1. The first kappa shape index (κ1) is 12.8. The summed E-state index contributed by atoms with van der Waals surface area (Å²) < 4.78 is 4.39. The zero-order valence-corrected chi connectivity index (χ0v) is 9.30. The molecule has 0 aliphatic rings. The first-order valence-corrected chi connectivity index (χ1v) is 4.93. The van der Waals surface area contributed by atoms with E-state index in [4.69, 9.17) is 0 Å². The minimum Gasteiger partial charge on any atom is -0.453 e. The molecule has 0 radical (unpaired) electrons. The number of nitro groups is 1. The van der Waals surface area contributed by atoms with Gasteiger partial charge in [-0.05, 0) is 12.1 Å². The Bertz CT molecular complexity index is 391. The highest BCUT2D eigenvalue weighted by atomic mass is 16.6. The van der Waals surface area contributed by atoms with Gasteiger partial charge in [-0.3, -0.25) is 10.1 Å². The Morgan fingerprint density at radius 1 is 1.35 bits per heavy atom. The van der Waals surface area contributed by atoms with Crippen LogP contribution in [0.2, 0.25) is 0 Å². The van der Waals surface area contributed by atoms with E-state index in [0.717, 1.165) is 5.69 Å². The molecule has 0 aliphatic carbocycles. The van der Waals surface area contributed by atoms with Gasteiger partial charge in [-0.25, -0.2) is 4.79 Å². The average molecular weight is 239 g/mol. The number of non-ortho nitro benzene ring substituents is 1. The molecule has 7 heteroatoms. The summed E-state index contributed by atoms with van der Waals surface area (Å²) in [7, 11) is 1.29. The predicted octanol–water partition coefficient (Wildman–Crippen LogP) is 1.36. The largest absolute Gasteiger partial charge is 0.453 e. The van der Waals surface area contributed by atoms with E-state index in [1.54, 1.807) is 12.1 Å². The Balaban J connectivity index is 2.32. The van der Waals surface area contributed by atoms with E-state index in [-0.39, 0.29) is 5.69 Å². The number of carbonyl (C=O) groups excluding carboxylic acids is 1. The molecule has 0 fully saturated rings. The van der Waals surface area contributed by atoms with Crippen LogP contribution in [0.5, 0.6) is 0 Å². The Labute approximate surface area is 97.9 Å². The van der Waals surface area contributed by atoms with Crippen molar-refractivity contribution in [3.63, 3.8) is 0 Å². The van der Waals surface area contributed by atoms with Gasteiger partial charge in [0.2, 0.25) is 0 Å². The molecule has 1 rings (SSSR count). The lowest BCUT2D eigenvalue weighted by Crippen LogP contribution is -2.28. The third-order valence-electron chi connectivity index (χ3n) is 1.99. The van der Waals surface area contributed by atoms with Gasteiger partial charge in [0.05, 0.1) is 12.0 Å². The highest BCUT2D eigenvalue weighted by Gasteiger charge is 2.03. The van der Waals surface area contributed by atoms with E-state index in [0.29, 0.717) is 13.1 Å². The van der Waals surface area contributed by atoms with Crippen molar-refractivity contribution in [2.45, 2.75) is 0 Å². The van der Waals surface area contributed by atoms with Crippen molar-refractivity contribution in [2.24, 2.45) is 0 Å². The SMILES string of the molecule is COC(=O)NCCNc1ccc([N+](=O)[O-])cc1. The van der Waals surface area contributed by atoms with Gasteiger partial charge in [0.25, 0.3) is 5.69 Å². The van der Waals surface area contributed by atoms with Crippen molar-refractivity contribution in [3.8, 4) is 0 Å². The van der Waals surface area contributed by atoms with E-state index in [1.807, 2.05) is 0 Å². The van der Waals surface area contributed by atoms with Gasteiger partial charge in [-0.15, -0.1) is 0 Å². The lowest BCUT2D eigenvalue weighted by atomic mass is 10.3. The van der Waals surface area contributed by atoms with Crippen LogP contribution in [0.25, 0.3) is 0 Å². The third kappa shape index (κ3) is 4.37. The molecular formula is C10H13N3O4. The summed E-state index contributed by atoms with van der Waals surface area (Å²) in [4.78, 5) is 20.7. The quantitative estimate of drug-likeness (QED) is 0.459. The number of rotatable bonds is 5. The summed E-state index contributed by atoms with van der Waals surface area (Å²) in [5.41, 5.74) is 0.797. The zero-order chi connectivity index (χ0) is 12.7. The van der Waals surface area contributed by atoms with Crippen molar-refractivity contribution in [3.05, 3.63) is 34.4 Å². The number of benzene rings is 1. The summed E-state index contributed by atoms with van der Waals surface area (Å²) in [5.74, 6) is 0. The summed E-state index contributed by atoms with van der Waals surface area (Å²) >= 11 is 0. The molecule has 0 aliphatic heterocycles. The van der Waals surface area contributed by atoms with Crippen LogP contribution in [0.15, 0.2) is 24.3 Å². The molecule has 0 heterocycles. The van der Waals surface area contributed by atoms with Crippen LogP contribution >= 0.6 is 0 Å². The number of hydrogen-bond donors (Lipinski definition) is 2. The first-order valence-electron chi connectivity index (χ1n) is 4.93. The van der Waals surface area contributed by atoms with Gasteiger partial charge >= 0.3 is 6.09 Å². The molecule has 17 heavy (non-hydrogen) atoms. The normalized spacial score (nSPS) is 9.47. The van der Waals surface area contributed by atoms with Gasteiger partial charge in [-0.1, -0.05) is 0 Å². The number of methoxy groups -OCH3 is 1. The number of carbonyl (C=O) groups is 1. The maximum Gasteiger partial charge on any atom is 0.406 e. The molecular weight excluding hydrogens is 226 g/mol. The summed E-state index contributed by atoms with van der Waals surface area (Å²) in [6.07, 6.45) is -0.490. The van der Waals surface area contributed by atoms with Crippen molar-refractivity contribution >= 4 is 17.5 Å². The van der Waals surface area contributed by atoms with E-state index < -0.39 is 11.0 Å². The summed E-state index contributed by atoms with van der Waals surface area (Å²) in [6, 6.07) is 6.04.